The van der Waals surface area contributed by atoms with Crippen LogP contribution in [0.2, 0.25) is 0 Å². The highest BCUT2D eigenvalue weighted by Crippen LogP contribution is 2.54. The number of allylic oxidation sites excluding steroid dienone is 1. The maximum Gasteiger partial charge on any atom is 0.429 e. The van der Waals surface area contributed by atoms with E-state index in [0.29, 0.717) is 0 Å². The third-order valence-electron chi connectivity index (χ3n) is 2.09. The Balaban J connectivity index is 3.18. The van der Waals surface area contributed by atoms with E-state index in [2.05, 4.69) is 4.74 Å². The van der Waals surface area contributed by atoms with Crippen LogP contribution in [0.3, 0.4) is 0 Å². The van der Waals surface area contributed by atoms with E-state index >= 15 is 0 Å². The van der Waals surface area contributed by atoms with Crippen molar-refractivity contribution in [3.63, 3.8) is 0 Å². The van der Waals surface area contributed by atoms with Gasteiger partial charge in [-0.05, 0) is 0 Å². The van der Waals surface area contributed by atoms with Crippen molar-refractivity contribution in [1.82, 2.24) is 0 Å². The quantitative estimate of drug-likeness (QED) is 0.587. The van der Waals surface area contributed by atoms with Gasteiger partial charge in [0.2, 0.25) is 0 Å². The van der Waals surface area contributed by atoms with E-state index in [4.69, 9.17) is 0 Å². The summed E-state index contributed by atoms with van der Waals surface area (Å²) in [5.74, 6) is -5.45. The van der Waals surface area contributed by atoms with Crippen LogP contribution in [-0.2, 0) is 4.74 Å². The summed E-state index contributed by atoms with van der Waals surface area (Å²) < 4.78 is 90.0. The molecule has 0 aromatic carbocycles. The van der Waals surface area contributed by atoms with Gasteiger partial charge in [0.05, 0.1) is 6.42 Å². The van der Waals surface area contributed by atoms with E-state index in [-0.39, 0.29) is 6.92 Å². The standard InChI is InChI=1S/C7H5F7O/c1-5(10)6(11,7(12,13)14)2-3(15-5)4(8)9/h2H2,1H3. The molecule has 0 radical (unpaired) electrons. The Kier molecular flexibility index (Phi) is 2.44. The highest BCUT2D eigenvalue weighted by atomic mass is 19.4. The van der Waals surface area contributed by atoms with E-state index in [1.807, 2.05) is 0 Å². The van der Waals surface area contributed by atoms with E-state index in [1.165, 1.54) is 0 Å². The third-order valence-corrected chi connectivity index (χ3v) is 2.09. The predicted molar refractivity (Wildman–Crippen MR) is 34.4 cm³/mol. The molecular formula is C7H5F7O. The fourth-order valence-corrected chi connectivity index (χ4v) is 1.19. The van der Waals surface area contributed by atoms with Crippen molar-refractivity contribution < 1.29 is 35.5 Å². The smallest absolute Gasteiger partial charge is 0.429 e. The van der Waals surface area contributed by atoms with Crippen molar-refractivity contribution in [2.24, 2.45) is 0 Å². The zero-order valence-electron chi connectivity index (χ0n) is 7.26. The summed E-state index contributed by atoms with van der Waals surface area (Å²) in [4.78, 5) is 0. The van der Waals surface area contributed by atoms with E-state index in [0.717, 1.165) is 0 Å². The molecule has 1 heterocycles. The minimum atomic E-state index is -5.62. The number of rotatable bonds is 0. The second-order valence-electron chi connectivity index (χ2n) is 3.18. The number of halogens is 7. The lowest BCUT2D eigenvalue weighted by atomic mass is 9.95. The molecule has 2 unspecified atom stereocenters. The molecule has 8 heteroatoms. The minimum absolute atomic E-state index is 0.121. The van der Waals surface area contributed by atoms with Crippen molar-refractivity contribution in [2.45, 2.75) is 31.0 Å². The lowest BCUT2D eigenvalue weighted by Gasteiger charge is -2.29. The van der Waals surface area contributed by atoms with Gasteiger partial charge >= 0.3 is 12.3 Å². The lowest BCUT2D eigenvalue weighted by Crippen LogP contribution is -2.52. The van der Waals surface area contributed by atoms with Crippen LogP contribution in [0.4, 0.5) is 30.7 Å². The van der Waals surface area contributed by atoms with Gasteiger partial charge in [0.1, 0.15) is 0 Å². The molecule has 0 aromatic heterocycles. The second-order valence-corrected chi connectivity index (χ2v) is 3.18. The zero-order valence-corrected chi connectivity index (χ0v) is 7.26. The van der Waals surface area contributed by atoms with Gasteiger partial charge in [-0.2, -0.15) is 26.3 Å². The maximum atomic E-state index is 13.2. The number of alkyl halides is 5. The molecule has 1 saturated heterocycles. The summed E-state index contributed by atoms with van der Waals surface area (Å²) >= 11 is 0. The fourth-order valence-electron chi connectivity index (χ4n) is 1.19. The van der Waals surface area contributed by atoms with Crippen LogP contribution in [0.25, 0.3) is 0 Å². The van der Waals surface area contributed by atoms with Crippen LogP contribution >= 0.6 is 0 Å². The molecule has 1 nitrogen and oxygen atoms in total. The molecule has 0 amide bonds. The molecule has 0 aromatic rings. The summed E-state index contributed by atoms with van der Waals surface area (Å²) in [7, 11) is 0. The molecule has 0 N–H and O–H groups in total. The molecule has 15 heavy (non-hydrogen) atoms. The van der Waals surface area contributed by atoms with E-state index in [1.54, 1.807) is 0 Å². The summed E-state index contributed by atoms with van der Waals surface area (Å²) in [6.45, 7) is 0.121. The largest absolute Gasteiger partial charge is 0.453 e. The Morgan fingerprint density at radius 3 is 1.93 bits per heavy atom. The van der Waals surface area contributed by atoms with Crippen LogP contribution in [0, 0.1) is 0 Å². The Morgan fingerprint density at radius 2 is 1.73 bits per heavy atom. The SMILES string of the molecule is CC1(F)OC(=C(F)F)CC1(F)C(F)(F)F. The molecule has 1 rings (SSSR count). The van der Waals surface area contributed by atoms with Gasteiger partial charge in [0.15, 0.2) is 5.76 Å². The van der Waals surface area contributed by atoms with Crippen LogP contribution in [0.15, 0.2) is 11.8 Å². The Morgan fingerprint density at radius 1 is 1.27 bits per heavy atom. The molecule has 1 fully saturated rings. The molecular weight excluding hydrogens is 233 g/mol. The van der Waals surface area contributed by atoms with Gasteiger partial charge in [-0.15, -0.1) is 0 Å². The van der Waals surface area contributed by atoms with Gasteiger partial charge in [-0.3, -0.25) is 0 Å². The van der Waals surface area contributed by atoms with Crippen LogP contribution in [0.1, 0.15) is 13.3 Å². The van der Waals surface area contributed by atoms with Crippen LogP contribution in [0.5, 0.6) is 0 Å². The summed E-state index contributed by atoms with van der Waals surface area (Å²) in [6.07, 6.45) is -10.1. The Bertz CT molecular complexity index is 301. The van der Waals surface area contributed by atoms with Crippen molar-refractivity contribution >= 4 is 0 Å². The minimum Gasteiger partial charge on any atom is -0.453 e. The van der Waals surface area contributed by atoms with Gasteiger partial charge in [0.25, 0.3) is 11.5 Å². The van der Waals surface area contributed by atoms with Crippen molar-refractivity contribution in [2.75, 3.05) is 0 Å². The molecule has 0 saturated carbocycles. The van der Waals surface area contributed by atoms with Crippen LogP contribution in [-0.4, -0.2) is 17.7 Å². The molecule has 2 atom stereocenters. The molecule has 0 spiro atoms. The molecule has 88 valence electrons. The van der Waals surface area contributed by atoms with Crippen molar-refractivity contribution in [3.05, 3.63) is 11.8 Å². The van der Waals surface area contributed by atoms with Crippen LogP contribution < -0.4 is 0 Å². The first-order valence-electron chi connectivity index (χ1n) is 3.69. The van der Waals surface area contributed by atoms with E-state index < -0.39 is 36.0 Å². The first-order valence-corrected chi connectivity index (χ1v) is 3.69. The van der Waals surface area contributed by atoms with Gasteiger partial charge < -0.3 is 4.74 Å². The first kappa shape index (κ1) is 12.1. The number of hydrogen-bond acceptors (Lipinski definition) is 1. The zero-order chi connectivity index (χ0) is 12.1. The maximum absolute atomic E-state index is 13.2. The second kappa shape index (κ2) is 3.02. The monoisotopic (exact) mass is 238 g/mol. The average molecular weight is 238 g/mol. The highest BCUT2D eigenvalue weighted by Gasteiger charge is 2.73. The normalized spacial score (nSPS) is 36.7. The summed E-state index contributed by atoms with van der Waals surface area (Å²) in [5.41, 5.74) is -4.45. The summed E-state index contributed by atoms with van der Waals surface area (Å²) in [5, 5.41) is 0. The van der Waals surface area contributed by atoms with E-state index in [9.17, 15) is 30.7 Å². The fraction of sp³-hybridized carbons (Fsp3) is 0.714. The highest BCUT2D eigenvalue weighted by molar-refractivity contribution is 5.15. The van der Waals surface area contributed by atoms with Crippen molar-refractivity contribution in [3.8, 4) is 0 Å². The van der Waals surface area contributed by atoms with Gasteiger partial charge in [-0.25, -0.2) is 4.39 Å². The lowest BCUT2D eigenvalue weighted by molar-refractivity contribution is -0.295. The molecule has 0 aliphatic carbocycles. The topological polar surface area (TPSA) is 9.23 Å². The average Bonchev–Trinajstić information content (AvgIpc) is 2.23. The molecule has 1 aliphatic heterocycles. The predicted octanol–water partition coefficient (Wildman–Crippen LogP) is 3.47. The summed E-state index contributed by atoms with van der Waals surface area (Å²) in [6, 6.07) is 0. The first-order chi connectivity index (χ1) is 6.51. The number of hydrogen-bond donors (Lipinski definition) is 0. The molecule has 0 bridgehead atoms. The third kappa shape index (κ3) is 1.65. The number of ether oxygens (including phenoxy) is 1. The van der Waals surface area contributed by atoms with Gasteiger partial charge in [-0.1, -0.05) is 0 Å². The molecule has 1 aliphatic rings. The Labute approximate surface area is 79.5 Å². The Hall–Kier alpha value is -0.950. The van der Waals surface area contributed by atoms with Crippen molar-refractivity contribution in [1.29, 1.82) is 0 Å². The van der Waals surface area contributed by atoms with Gasteiger partial charge in [0, 0.05) is 6.92 Å².